The maximum Gasteiger partial charge on any atom is 0.253 e. The SMILES string of the molecule is CC(C)(C)c1sc(N2CC(=O)N3CCN(C#N)C[C@H]3C2=O)nc1Cl. The molecule has 3 heterocycles. The zero-order valence-electron chi connectivity index (χ0n) is 13.7. The van der Waals surface area contributed by atoms with Crippen molar-refractivity contribution in [2.75, 3.05) is 31.1 Å². The van der Waals surface area contributed by atoms with Gasteiger partial charge in [0.15, 0.2) is 11.3 Å². The van der Waals surface area contributed by atoms with E-state index in [9.17, 15) is 9.59 Å². The molecule has 0 spiro atoms. The van der Waals surface area contributed by atoms with Crippen LogP contribution in [0, 0.1) is 11.5 Å². The molecule has 2 amide bonds. The lowest BCUT2D eigenvalue weighted by Crippen LogP contribution is -2.66. The third kappa shape index (κ3) is 2.82. The van der Waals surface area contributed by atoms with Crippen LogP contribution in [0.25, 0.3) is 0 Å². The van der Waals surface area contributed by atoms with Crippen molar-refractivity contribution in [1.82, 2.24) is 14.8 Å². The van der Waals surface area contributed by atoms with Gasteiger partial charge in [0.05, 0.1) is 11.4 Å². The molecule has 128 valence electrons. The monoisotopic (exact) mass is 367 g/mol. The molecule has 0 unspecified atom stereocenters. The summed E-state index contributed by atoms with van der Waals surface area (Å²) >= 11 is 7.57. The van der Waals surface area contributed by atoms with Crippen molar-refractivity contribution >= 4 is 39.9 Å². The Morgan fingerprint density at radius 1 is 1.33 bits per heavy atom. The number of hydrogen-bond acceptors (Lipinski definition) is 6. The van der Waals surface area contributed by atoms with Crippen LogP contribution in [0.1, 0.15) is 25.6 Å². The molecule has 0 aliphatic carbocycles. The molecular weight excluding hydrogens is 350 g/mol. The molecule has 2 fully saturated rings. The van der Waals surface area contributed by atoms with Gasteiger partial charge in [0.1, 0.15) is 17.7 Å². The van der Waals surface area contributed by atoms with Gasteiger partial charge in [-0.2, -0.15) is 5.26 Å². The minimum atomic E-state index is -0.639. The summed E-state index contributed by atoms with van der Waals surface area (Å²) in [6.45, 7) is 7.11. The van der Waals surface area contributed by atoms with Gasteiger partial charge >= 0.3 is 0 Å². The molecule has 2 aliphatic rings. The molecule has 2 aliphatic heterocycles. The summed E-state index contributed by atoms with van der Waals surface area (Å²) in [4.78, 5) is 34.9. The van der Waals surface area contributed by atoms with Crippen molar-refractivity contribution in [2.45, 2.75) is 32.2 Å². The number of rotatable bonds is 1. The lowest BCUT2D eigenvalue weighted by atomic mass is 9.95. The highest BCUT2D eigenvalue weighted by Gasteiger charge is 2.44. The van der Waals surface area contributed by atoms with E-state index in [1.807, 2.05) is 20.8 Å². The van der Waals surface area contributed by atoms with Gasteiger partial charge in [-0.15, -0.1) is 0 Å². The summed E-state index contributed by atoms with van der Waals surface area (Å²) in [6.07, 6.45) is 2.05. The number of piperazine rings is 2. The summed E-state index contributed by atoms with van der Waals surface area (Å²) in [5.41, 5.74) is -0.190. The summed E-state index contributed by atoms with van der Waals surface area (Å²) in [7, 11) is 0. The van der Waals surface area contributed by atoms with Crippen LogP contribution in [0.4, 0.5) is 5.13 Å². The average molecular weight is 368 g/mol. The molecule has 0 saturated carbocycles. The average Bonchev–Trinajstić information content (AvgIpc) is 2.92. The van der Waals surface area contributed by atoms with Crippen LogP contribution < -0.4 is 4.90 Å². The third-order valence-electron chi connectivity index (χ3n) is 4.17. The number of carbonyl (C=O) groups excluding carboxylic acids is 2. The number of halogens is 1. The minimum absolute atomic E-state index is 0.0324. The lowest BCUT2D eigenvalue weighted by molar-refractivity contribution is -0.145. The molecule has 0 radical (unpaired) electrons. The molecule has 1 aromatic rings. The van der Waals surface area contributed by atoms with Gasteiger partial charge in [-0.1, -0.05) is 43.7 Å². The van der Waals surface area contributed by atoms with Gasteiger partial charge in [-0.3, -0.25) is 14.5 Å². The fourth-order valence-corrected chi connectivity index (χ4v) is 4.45. The standard InChI is InChI=1S/C15H18ClN5O2S/c1-15(2,3)11-12(16)18-14(24-11)21-7-10(22)20-5-4-19(8-17)6-9(20)13(21)23/h9H,4-7H2,1-3H3/t9-/m0/s1. The van der Waals surface area contributed by atoms with Crippen molar-refractivity contribution in [3.05, 3.63) is 10.0 Å². The van der Waals surface area contributed by atoms with Crippen molar-refractivity contribution in [1.29, 1.82) is 5.26 Å². The second-order valence-corrected chi connectivity index (χ2v) is 8.28. The third-order valence-corrected chi connectivity index (χ3v) is 6.06. The van der Waals surface area contributed by atoms with Gasteiger partial charge < -0.3 is 9.80 Å². The number of fused-ring (bicyclic) bond motifs is 1. The summed E-state index contributed by atoms with van der Waals surface area (Å²) in [5.74, 6) is -0.332. The molecule has 3 rings (SSSR count). The quantitative estimate of drug-likeness (QED) is 0.701. The molecule has 0 N–H and O–H groups in total. The molecule has 24 heavy (non-hydrogen) atoms. The van der Waals surface area contributed by atoms with Crippen LogP contribution in [-0.4, -0.2) is 58.8 Å². The predicted molar refractivity (Wildman–Crippen MR) is 90.9 cm³/mol. The predicted octanol–water partition coefficient (Wildman–Crippen LogP) is 1.43. The molecule has 0 bridgehead atoms. The first-order valence-electron chi connectivity index (χ1n) is 7.64. The summed E-state index contributed by atoms with van der Waals surface area (Å²) in [6, 6.07) is -0.639. The zero-order chi connectivity index (χ0) is 17.6. The van der Waals surface area contributed by atoms with Gasteiger partial charge in [0.2, 0.25) is 5.91 Å². The van der Waals surface area contributed by atoms with Crippen LogP contribution in [0.15, 0.2) is 0 Å². The lowest BCUT2D eigenvalue weighted by Gasteiger charge is -2.43. The minimum Gasteiger partial charge on any atom is -0.325 e. The number of hydrogen-bond donors (Lipinski definition) is 0. The highest BCUT2D eigenvalue weighted by Crippen LogP contribution is 2.39. The smallest absolute Gasteiger partial charge is 0.253 e. The molecular formula is C15H18ClN5O2S. The number of carbonyl (C=O) groups is 2. The number of anilines is 1. The van der Waals surface area contributed by atoms with Crippen LogP contribution in [0.2, 0.25) is 5.15 Å². The van der Waals surface area contributed by atoms with Gasteiger partial charge in [0, 0.05) is 13.1 Å². The Morgan fingerprint density at radius 3 is 2.62 bits per heavy atom. The van der Waals surface area contributed by atoms with E-state index in [-0.39, 0.29) is 30.3 Å². The van der Waals surface area contributed by atoms with Gasteiger partial charge in [0.25, 0.3) is 5.91 Å². The van der Waals surface area contributed by atoms with E-state index in [4.69, 9.17) is 16.9 Å². The maximum atomic E-state index is 12.9. The first-order chi connectivity index (χ1) is 11.2. The van der Waals surface area contributed by atoms with Crippen LogP contribution in [0.3, 0.4) is 0 Å². The molecule has 9 heteroatoms. The first kappa shape index (κ1) is 17.0. The first-order valence-corrected chi connectivity index (χ1v) is 8.84. The largest absolute Gasteiger partial charge is 0.325 e. The fraction of sp³-hybridized carbons (Fsp3) is 0.600. The van der Waals surface area contributed by atoms with Crippen LogP contribution >= 0.6 is 22.9 Å². The van der Waals surface area contributed by atoms with Gasteiger partial charge in [-0.05, 0) is 5.41 Å². The van der Waals surface area contributed by atoms with E-state index in [0.29, 0.717) is 23.4 Å². The fourth-order valence-electron chi connectivity index (χ4n) is 2.90. The van der Waals surface area contributed by atoms with E-state index in [1.165, 1.54) is 21.1 Å². The Labute approximate surface area is 149 Å². The number of nitrogens with zero attached hydrogens (tertiary/aromatic N) is 5. The number of thiazole rings is 1. The molecule has 0 aromatic carbocycles. The van der Waals surface area contributed by atoms with Crippen LogP contribution in [-0.2, 0) is 15.0 Å². The van der Waals surface area contributed by atoms with Crippen molar-refractivity contribution in [2.24, 2.45) is 0 Å². The maximum absolute atomic E-state index is 12.9. The topological polar surface area (TPSA) is 80.5 Å². The number of aromatic nitrogens is 1. The van der Waals surface area contributed by atoms with E-state index in [2.05, 4.69) is 11.2 Å². The van der Waals surface area contributed by atoms with Gasteiger partial charge in [-0.25, -0.2) is 4.98 Å². The summed E-state index contributed by atoms with van der Waals surface area (Å²) in [5, 5.41) is 9.88. The van der Waals surface area contributed by atoms with E-state index in [1.54, 1.807) is 4.90 Å². The summed E-state index contributed by atoms with van der Waals surface area (Å²) < 4.78 is 0. The Morgan fingerprint density at radius 2 is 2.04 bits per heavy atom. The number of nitriles is 1. The van der Waals surface area contributed by atoms with E-state index < -0.39 is 6.04 Å². The molecule has 1 atom stereocenters. The zero-order valence-corrected chi connectivity index (χ0v) is 15.3. The number of amides is 2. The second kappa shape index (κ2) is 5.90. The second-order valence-electron chi connectivity index (χ2n) is 6.94. The van der Waals surface area contributed by atoms with Crippen molar-refractivity contribution in [3.63, 3.8) is 0 Å². The van der Waals surface area contributed by atoms with Crippen molar-refractivity contribution in [3.8, 4) is 6.19 Å². The highest BCUT2D eigenvalue weighted by molar-refractivity contribution is 7.16. The normalized spacial score (nSPS) is 21.8. The molecule has 7 nitrogen and oxygen atoms in total. The molecule has 1 aromatic heterocycles. The highest BCUT2D eigenvalue weighted by atomic mass is 35.5. The van der Waals surface area contributed by atoms with E-state index in [0.717, 1.165) is 4.88 Å². The van der Waals surface area contributed by atoms with E-state index >= 15 is 0 Å². The Kier molecular flexibility index (Phi) is 4.18. The Bertz CT molecular complexity index is 735. The molecule has 2 saturated heterocycles. The van der Waals surface area contributed by atoms with Crippen LogP contribution in [0.5, 0.6) is 0 Å². The van der Waals surface area contributed by atoms with Crippen molar-refractivity contribution < 1.29 is 9.59 Å². The Balaban J connectivity index is 1.91. The Hall–Kier alpha value is -1.85.